The van der Waals surface area contributed by atoms with Crippen molar-refractivity contribution in [3.05, 3.63) is 94.9 Å². The number of fused-ring (bicyclic) bond motifs is 5. The zero-order valence-corrected chi connectivity index (χ0v) is 20.4. The quantitative estimate of drug-likeness (QED) is 0.510. The molecule has 2 saturated heterocycles. The van der Waals surface area contributed by atoms with E-state index < -0.39 is 47.5 Å². The van der Waals surface area contributed by atoms with E-state index in [1.807, 2.05) is 30.3 Å². The van der Waals surface area contributed by atoms with Crippen molar-refractivity contribution in [1.82, 2.24) is 4.90 Å². The Labute approximate surface area is 217 Å². The first-order chi connectivity index (χ1) is 17.9. The highest BCUT2D eigenvalue weighted by molar-refractivity contribution is 6.31. The monoisotopic (exact) mass is 517 g/mol. The molecule has 3 amide bonds. The maximum atomic E-state index is 13.8. The predicted molar refractivity (Wildman–Crippen MR) is 136 cm³/mol. The molecule has 3 aromatic carbocycles. The fraction of sp³-hybridized carbons (Fsp3) is 0.179. The molecule has 37 heavy (non-hydrogen) atoms. The molecule has 7 nitrogen and oxygen atoms in total. The van der Waals surface area contributed by atoms with Crippen LogP contribution in [-0.4, -0.2) is 35.8 Å². The van der Waals surface area contributed by atoms with Crippen molar-refractivity contribution in [1.29, 1.82) is 0 Å². The molecular formula is C28H21ClFN3O4. The van der Waals surface area contributed by atoms with Crippen LogP contribution < -0.4 is 15.0 Å². The number of imide groups is 1. The van der Waals surface area contributed by atoms with E-state index in [1.54, 1.807) is 42.5 Å². The Morgan fingerprint density at radius 1 is 1.00 bits per heavy atom. The summed E-state index contributed by atoms with van der Waals surface area (Å²) in [6, 6.07) is 16.7. The third-order valence-electron chi connectivity index (χ3n) is 7.25. The number of anilines is 2. The number of benzene rings is 3. The van der Waals surface area contributed by atoms with Crippen molar-refractivity contribution in [3.63, 3.8) is 0 Å². The van der Waals surface area contributed by atoms with E-state index in [4.69, 9.17) is 16.3 Å². The fourth-order valence-corrected chi connectivity index (χ4v) is 5.80. The lowest BCUT2D eigenvalue weighted by Crippen LogP contribution is -2.46. The highest BCUT2D eigenvalue weighted by atomic mass is 35.5. The minimum Gasteiger partial charge on any atom is -0.497 e. The molecule has 0 bridgehead atoms. The second-order valence-corrected chi connectivity index (χ2v) is 9.57. The minimum absolute atomic E-state index is 0.177. The molecule has 0 saturated carbocycles. The number of carbonyl (C=O) groups is 3. The molecule has 186 valence electrons. The van der Waals surface area contributed by atoms with Crippen molar-refractivity contribution in [2.45, 2.75) is 12.1 Å². The van der Waals surface area contributed by atoms with Gasteiger partial charge in [-0.1, -0.05) is 35.9 Å². The second kappa shape index (κ2) is 8.74. The lowest BCUT2D eigenvalue weighted by Gasteiger charge is -2.35. The van der Waals surface area contributed by atoms with E-state index in [0.717, 1.165) is 22.1 Å². The lowest BCUT2D eigenvalue weighted by atomic mass is 9.84. The van der Waals surface area contributed by atoms with Crippen LogP contribution in [0.5, 0.6) is 5.75 Å². The van der Waals surface area contributed by atoms with Crippen LogP contribution >= 0.6 is 11.6 Å². The highest BCUT2D eigenvalue weighted by Crippen LogP contribution is 2.53. The Hall–Kier alpha value is -4.17. The van der Waals surface area contributed by atoms with Crippen molar-refractivity contribution < 1.29 is 23.5 Å². The van der Waals surface area contributed by atoms with Gasteiger partial charge in [-0.15, -0.1) is 0 Å². The first kappa shape index (κ1) is 23.2. The number of amides is 3. The number of ether oxygens (including phenoxy) is 1. The standard InChI is InChI=1S/C28H21ClFN3O4/c1-37-18-9-6-16(7-10-18)31-26(34)25-23-22(24-19-5-3-2-4-15(19)12-13-32(24)25)27(35)33(28(23)36)17-8-11-21(30)20(29)14-17/h2-14,22-25H,1H3,(H,31,34)/t22-,23-,24+,25+/m1/s1. The van der Waals surface area contributed by atoms with E-state index in [-0.39, 0.29) is 10.7 Å². The normalized spacial score (nSPS) is 23.5. The molecular weight excluding hydrogens is 497 g/mol. The van der Waals surface area contributed by atoms with Gasteiger partial charge in [-0.05, 0) is 59.7 Å². The summed E-state index contributed by atoms with van der Waals surface area (Å²) in [7, 11) is 1.55. The van der Waals surface area contributed by atoms with Crippen molar-refractivity contribution in [2.24, 2.45) is 11.8 Å². The summed E-state index contributed by atoms with van der Waals surface area (Å²) >= 11 is 5.96. The van der Waals surface area contributed by atoms with Gasteiger partial charge in [0.15, 0.2) is 0 Å². The molecule has 0 radical (unpaired) electrons. The fourth-order valence-electron chi connectivity index (χ4n) is 5.63. The predicted octanol–water partition coefficient (Wildman–Crippen LogP) is 4.64. The summed E-state index contributed by atoms with van der Waals surface area (Å²) in [5.74, 6) is -3.15. The Balaban J connectivity index is 1.42. The Morgan fingerprint density at radius 2 is 1.73 bits per heavy atom. The molecule has 3 aromatic rings. The van der Waals surface area contributed by atoms with E-state index in [2.05, 4.69) is 5.32 Å². The van der Waals surface area contributed by atoms with Crippen molar-refractivity contribution in [3.8, 4) is 5.75 Å². The number of rotatable bonds is 4. The molecule has 3 aliphatic heterocycles. The molecule has 3 aliphatic rings. The van der Waals surface area contributed by atoms with Gasteiger partial charge in [0.05, 0.1) is 35.7 Å². The molecule has 4 atom stereocenters. The van der Waals surface area contributed by atoms with E-state index in [9.17, 15) is 18.8 Å². The number of hydrogen-bond acceptors (Lipinski definition) is 5. The van der Waals surface area contributed by atoms with Gasteiger partial charge in [-0.2, -0.15) is 0 Å². The van der Waals surface area contributed by atoms with Gasteiger partial charge >= 0.3 is 0 Å². The first-order valence-electron chi connectivity index (χ1n) is 11.7. The summed E-state index contributed by atoms with van der Waals surface area (Å²) in [5, 5.41) is 2.69. The number of methoxy groups -OCH3 is 1. The van der Waals surface area contributed by atoms with Crippen LogP contribution in [-0.2, 0) is 14.4 Å². The molecule has 9 heteroatoms. The summed E-state index contributed by atoms with van der Waals surface area (Å²) in [6.45, 7) is 0. The third kappa shape index (κ3) is 3.59. The van der Waals surface area contributed by atoms with Crippen LogP contribution in [0.2, 0.25) is 5.02 Å². The molecule has 0 unspecified atom stereocenters. The zero-order valence-electron chi connectivity index (χ0n) is 19.6. The third-order valence-corrected chi connectivity index (χ3v) is 7.54. The second-order valence-electron chi connectivity index (χ2n) is 9.16. The van der Waals surface area contributed by atoms with E-state index in [1.165, 1.54) is 12.1 Å². The zero-order chi connectivity index (χ0) is 25.8. The van der Waals surface area contributed by atoms with Crippen molar-refractivity contribution >= 4 is 46.8 Å². The average molecular weight is 518 g/mol. The molecule has 1 N–H and O–H groups in total. The number of nitrogens with zero attached hydrogens (tertiary/aromatic N) is 2. The smallest absolute Gasteiger partial charge is 0.247 e. The van der Waals surface area contributed by atoms with E-state index in [0.29, 0.717) is 11.4 Å². The van der Waals surface area contributed by atoms with Gasteiger partial charge in [0.2, 0.25) is 17.7 Å². The van der Waals surface area contributed by atoms with Gasteiger partial charge in [0.1, 0.15) is 17.6 Å². The number of hydrogen-bond donors (Lipinski definition) is 1. The molecule has 0 aliphatic carbocycles. The van der Waals surface area contributed by atoms with Gasteiger partial charge in [0.25, 0.3) is 0 Å². The summed E-state index contributed by atoms with van der Waals surface area (Å²) in [4.78, 5) is 44.2. The number of carbonyl (C=O) groups excluding carboxylic acids is 3. The van der Waals surface area contributed by atoms with Crippen LogP contribution in [0, 0.1) is 17.7 Å². The number of nitrogens with one attached hydrogen (secondary N) is 1. The molecule has 6 rings (SSSR count). The SMILES string of the molecule is COc1ccc(NC(=O)[C@@H]2[C@@H]3C(=O)N(c4ccc(F)c(Cl)c4)C(=O)[C@H]3[C@@H]3c4ccccc4C=CN23)cc1. The highest BCUT2D eigenvalue weighted by Gasteiger charge is 2.64. The van der Waals surface area contributed by atoms with Gasteiger partial charge in [-0.3, -0.25) is 14.4 Å². The Morgan fingerprint density at radius 3 is 2.46 bits per heavy atom. The van der Waals surface area contributed by atoms with Crippen LogP contribution in [0.25, 0.3) is 6.08 Å². The van der Waals surface area contributed by atoms with Gasteiger partial charge in [0, 0.05) is 11.9 Å². The van der Waals surface area contributed by atoms with Crippen LogP contribution in [0.4, 0.5) is 15.8 Å². The van der Waals surface area contributed by atoms with Gasteiger partial charge in [-0.25, -0.2) is 9.29 Å². The number of halogens is 2. The Kier molecular flexibility index (Phi) is 5.49. The largest absolute Gasteiger partial charge is 0.497 e. The lowest BCUT2D eigenvalue weighted by molar-refractivity contribution is -0.128. The van der Waals surface area contributed by atoms with Crippen LogP contribution in [0.15, 0.2) is 72.9 Å². The summed E-state index contributed by atoms with van der Waals surface area (Å²) in [6.07, 6.45) is 3.66. The molecule has 0 spiro atoms. The van der Waals surface area contributed by atoms with Crippen LogP contribution in [0.1, 0.15) is 17.2 Å². The summed E-state index contributed by atoms with van der Waals surface area (Å²) in [5.41, 5.74) is 2.49. The van der Waals surface area contributed by atoms with Crippen LogP contribution in [0.3, 0.4) is 0 Å². The molecule has 2 fully saturated rings. The maximum Gasteiger partial charge on any atom is 0.247 e. The van der Waals surface area contributed by atoms with Crippen molar-refractivity contribution in [2.75, 3.05) is 17.3 Å². The summed E-state index contributed by atoms with van der Waals surface area (Å²) < 4.78 is 19.0. The average Bonchev–Trinajstić information content (AvgIpc) is 3.38. The molecule has 3 heterocycles. The van der Waals surface area contributed by atoms with E-state index >= 15 is 0 Å². The first-order valence-corrected chi connectivity index (χ1v) is 12.1. The topological polar surface area (TPSA) is 79.0 Å². The molecule has 0 aromatic heterocycles. The Bertz CT molecular complexity index is 1470. The minimum atomic E-state index is -0.949. The maximum absolute atomic E-state index is 13.8. The van der Waals surface area contributed by atoms with Gasteiger partial charge < -0.3 is 15.0 Å².